The second kappa shape index (κ2) is 10.5. The lowest BCUT2D eigenvalue weighted by Gasteiger charge is -2.15. The number of furan rings is 2. The Kier molecular flexibility index (Phi) is 5.84. The Morgan fingerprint density at radius 1 is 0.375 bits per heavy atom. The zero-order chi connectivity index (χ0) is 31.6. The van der Waals surface area contributed by atoms with Crippen molar-refractivity contribution in [1.82, 2.24) is 9.97 Å². The SMILES string of the molecule is c1ccc(-c2ccc3ccccc3c2-c2nc(-c3cccc4c3oc3ccccc34)cc(-c3cccc4c3oc3ccccc34)n2)cc1. The maximum Gasteiger partial charge on any atom is 0.161 e. The van der Waals surface area contributed by atoms with E-state index in [0.29, 0.717) is 5.82 Å². The molecule has 10 aromatic rings. The Labute approximate surface area is 275 Å². The maximum absolute atomic E-state index is 6.52. The van der Waals surface area contributed by atoms with Gasteiger partial charge >= 0.3 is 0 Å². The van der Waals surface area contributed by atoms with Crippen LogP contribution in [0, 0.1) is 0 Å². The van der Waals surface area contributed by atoms with Crippen molar-refractivity contribution >= 4 is 54.6 Å². The lowest BCUT2D eigenvalue weighted by atomic mass is 9.93. The van der Waals surface area contributed by atoms with Crippen LogP contribution in [-0.2, 0) is 0 Å². The normalized spacial score (nSPS) is 11.8. The molecule has 0 atom stereocenters. The number of rotatable bonds is 4. The highest BCUT2D eigenvalue weighted by Crippen LogP contribution is 2.42. The fraction of sp³-hybridized carbons (Fsp3) is 0. The van der Waals surface area contributed by atoms with Crippen molar-refractivity contribution in [3.05, 3.63) is 158 Å². The second-order valence-corrected chi connectivity index (χ2v) is 12.1. The number of nitrogens with zero attached hydrogens (tertiary/aromatic N) is 2. The summed E-state index contributed by atoms with van der Waals surface area (Å²) >= 11 is 0. The van der Waals surface area contributed by atoms with Crippen molar-refractivity contribution in [3.63, 3.8) is 0 Å². The topological polar surface area (TPSA) is 52.1 Å². The zero-order valence-corrected chi connectivity index (χ0v) is 25.7. The van der Waals surface area contributed by atoms with Crippen LogP contribution in [-0.4, -0.2) is 9.97 Å². The molecule has 224 valence electrons. The first-order valence-electron chi connectivity index (χ1n) is 16.1. The van der Waals surface area contributed by atoms with Crippen LogP contribution in [0.3, 0.4) is 0 Å². The number of hydrogen-bond acceptors (Lipinski definition) is 4. The third-order valence-electron chi connectivity index (χ3n) is 9.32. The molecule has 0 unspecified atom stereocenters. The van der Waals surface area contributed by atoms with Crippen molar-refractivity contribution in [3.8, 4) is 45.0 Å². The molecule has 0 bridgehead atoms. The molecule has 10 rings (SSSR count). The molecule has 0 aliphatic heterocycles. The molecule has 0 radical (unpaired) electrons. The summed E-state index contributed by atoms with van der Waals surface area (Å²) in [6.45, 7) is 0. The van der Waals surface area contributed by atoms with Crippen LogP contribution in [0.25, 0.3) is 99.7 Å². The Morgan fingerprint density at radius 2 is 0.896 bits per heavy atom. The average Bonchev–Trinajstić information content (AvgIpc) is 3.73. The van der Waals surface area contributed by atoms with Gasteiger partial charge < -0.3 is 8.83 Å². The molecule has 0 fully saturated rings. The molecule has 0 saturated carbocycles. The summed E-state index contributed by atoms with van der Waals surface area (Å²) in [6.07, 6.45) is 0. The molecule has 3 aromatic heterocycles. The fourth-order valence-corrected chi connectivity index (χ4v) is 7.10. The van der Waals surface area contributed by atoms with Gasteiger partial charge in [0.1, 0.15) is 22.3 Å². The highest BCUT2D eigenvalue weighted by Gasteiger charge is 2.21. The summed E-state index contributed by atoms with van der Waals surface area (Å²) in [6, 6.07) is 54.2. The molecule has 48 heavy (non-hydrogen) atoms. The predicted octanol–water partition coefficient (Wildman–Crippen LogP) is 12.1. The van der Waals surface area contributed by atoms with E-state index in [1.54, 1.807) is 0 Å². The molecule has 0 N–H and O–H groups in total. The van der Waals surface area contributed by atoms with E-state index >= 15 is 0 Å². The molecule has 0 saturated heterocycles. The van der Waals surface area contributed by atoms with Gasteiger partial charge in [0.2, 0.25) is 0 Å². The van der Waals surface area contributed by atoms with Crippen LogP contribution in [0.1, 0.15) is 0 Å². The van der Waals surface area contributed by atoms with Gasteiger partial charge in [0, 0.05) is 38.2 Å². The van der Waals surface area contributed by atoms with E-state index in [0.717, 1.165) is 93.9 Å². The quantitative estimate of drug-likeness (QED) is 0.198. The van der Waals surface area contributed by atoms with Crippen LogP contribution in [0.5, 0.6) is 0 Å². The number of benzene rings is 7. The molecule has 0 aliphatic rings. The predicted molar refractivity (Wildman–Crippen MR) is 196 cm³/mol. The Morgan fingerprint density at radius 3 is 1.52 bits per heavy atom. The van der Waals surface area contributed by atoms with E-state index in [2.05, 4.69) is 115 Å². The van der Waals surface area contributed by atoms with Crippen LogP contribution in [0.2, 0.25) is 0 Å². The summed E-state index contributed by atoms with van der Waals surface area (Å²) in [5, 5.41) is 6.48. The maximum atomic E-state index is 6.52. The monoisotopic (exact) mass is 614 g/mol. The molecular formula is C44H26N2O2. The van der Waals surface area contributed by atoms with Crippen molar-refractivity contribution in [2.45, 2.75) is 0 Å². The lowest BCUT2D eigenvalue weighted by molar-refractivity contribution is 0.669. The first kappa shape index (κ1) is 26.7. The molecule has 4 nitrogen and oxygen atoms in total. The largest absolute Gasteiger partial charge is 0.455 e. The summed E-state index contributed by atoms with van der Waals surface area (Å²) in [7, 11) is 0. The highest BCUT2D eigenvalue weighted by molar-refractivity contribution is 6.11. The molecule has 0 amide bonds. The van der Waals surface area contributed by atoms with E-state index in [1.165, 1.54) is 0 Å². The highest BCUT2D eigenvalue weighted by atomic mass is 16.3. The van der Waals surface area contributed by atoms with Gasteiger partial charge in [-0.3, -0.25) is 0 Å². The Balaban J connectivity index is 1.32. The van der Waals surface area contributed by atoms with E-state index < -0.39 is 0 Å². The van der Waals surface area contributed by atoms with E-state index in [-0.39, 0.29) is 0 Å². The lowest BCUT2D eigenvalue weighted by Crippen LogP contribution is -1.99. The van der Waals surface area contributed by atoms with Crippen LogP contribution < -0.4 is 0 Å². The third kappa shape index (κ3) is 4.10. The van der Waals surface area contributed by atoms with Gasteiger partial charge in [-0.05, 0) is 52.2 Å². The summed E-state index contributed by atoms with van der Waals surface area (Å²) in [5.74, 6) is 0.638. The molecule has 4 heteroatoms. The standard InChI is InChI=1S/C44H26N2O2/c1-2-12-27(13-3-1)30-25-24-28-14-4-5-15-29(28)41(30)44-45-37(35-20-10-18-33-31-16-6-8-22-39(31)47-42(33)35)26-38(46-44)36-21-11-19-34-32-17-7-9-23-40(32)48-43(34)36/h1-26H. The smallest absolute Gasteiger partial charge is 0.161 e. The molecule has 0 aliphatic carbocycles. The first-order chi connectivity index (χ1) is 23.8. The van der Waals surface area contributed by atoms with Crippen molar-refractivity contribution in [2.24, 2.45) is 0 Å². The first-order valence-corrected chi connectivity index (χ1v) is 16.1. The zero-order valence-electron chi connectivity index (χ0n) is 25.7. The van der Waals surface area contributed by atoms with Crippen molar-refractivity contribution in [2.75, 3.05) is 0 Å². The van der Waals surface area contributed by atoms with Gasteiger partial charge in [-0.15, -0.1) is 0 Å². The average molecular weight is 615 g/mol. The van der Waals surface area contributed by atoms with Crippen LogP contribution >= 0.6 is 0 Å². The number of fused-ring (bicyclic) bond motifs is 7. The van der Waals surface area contributed by atoms with Gasteiger partial charge in [0.25, 0.3) is 0 Å². The molecular weight excluding hydrogens is 588 g/mol. The van der Waals surface area contributed by atoms with Crippen molar-refractivity contribution in [1.29, 1.82) is 0 Å². The van der Waals surface area contributed by atoms with Gasteiger partial charge in [-0.2, -0.15) is 0 Å². The van der Waals surface area contributed by atoms with Gasteiger partial charge in [0.05, 0.1) is 11.4 Å². The summed E-state index contributed by atoms with van der Waals surface area (Å²) < 4.78 is 13.0. The molecule has 7 aromatic carbocycles. The van der Waals surface area contributed by atoms with E-state index in [9.17, 15) is 0 Å². The van der Waals surface area contributed by atoms with Crippen LogP contribution in [0.15, 0.2) is 167 Å². The minimum absolute atomic E-state index is 0.638. The Bertz CT molecular complexity index is 2710. The Hall–Kier alpha value is -6.52. The number of hydrogen-bond donors (Lipinski definition) is 0. The van der Waals surface area contributed by atoms with Crippen molar-refractivity contribution < 1.29 is 8.83 Å². The van der Waals surface area contributed by atoms with Crippen LogP contribution in [0.4, 0.5) is 0 Å². The van der Waals surface area contributed by atoms with E-state index in [4.69, 9.17) is 18.8 Å². The van der Waals surface area contributed by atoms with Gasteiger partial charge in [0.15, 0.2) is 5.82 Å². The number of para-hydroxylation sites is 4. The molecule has 0 spiro atoms. The summed E-state index contributed by atoms with van der Waals surface area (Å²) in [5.41, 5.74) is 9.83. The molecule has 3 heterocycles. The van der Waals surface area contributed by atoms with E-state index in [1.807, 2.05) is 42.5 Å². The summed E-state index contributed by atoms with van der Waals surface area (Å²) in [4.78, 5) is 10.8. The second-order valence-electron chi connectivity index (χ2n) is 12.1. The minimum Gasteiger partial charge on any atom is -0.455 e. The minimum atomic E-state index is 0.638. The third-order valence-corrected chi connectivity index (χ3v) is 9.32. The van der Waals surface area contributed by atoms with Gasteiger partial charge in [-0.1, -0.05) is 127 Å². The number of aromatic nitrogens is 2. The van der Waals surface area contributed by atoms with Gasteiger partial charge in [-0.25, -0.2) is 9.97 Å². The fourth-order valence-electron chi connectivity index (χ4n) is 7.10.